The molecule has 1 aromatic heterocycles. The number of thiophene rings is 1. The number of nitrogens with one attached hydrogen (secondary N) is 2. The highest BCUT2D eigenvalue weighted by molar-refractivity contribution is 7.08. The normalized spacial score (nSPS) is 21.1. The molecule has 4 aliphatic heterocycles. The highest BCUT2D eigenvalue weighted by Crippen LogP contribution is 2.33. The summed E-state index contributed by atoms with van der Waals surface area (Å²) >= 11 is 8.13. The SMILES string of the molecule is CCc1cc(C[C@@H](CC(=O)N2CCC(N3CCc4cscc4NC3=O)CC2)C(=O)N2CCC(C3CCNCC3)CC2)cc(Cl)c1N. The summed E-state index contributed by atoms with van der Waals surface area (Å²) < 4.78 is 0. The molecule has 3 saturated heterocycles. The molecule has 46 heavy (non-hydrogen) atoms. The van der Waals surface area contributed by atoms with Crippen LogP contribution in [0.4, 0.5) is 16.2 Å². The minimum atomic E-state index is -0.458. The number of carbonyl (C=O) groups is 3. The molecule has 250 valence electrons. The Balaban J connectivity index is 1.10. The van der Waals surface area contributed by atoms with Gasteiger partial charge in [0.25, 0.3) is 0 Å². The van der Waals surface area contributed by atoms with Crippen LogP contribution in [0.2, 0.25) is 5.02 Å². The minimum Gasteiger partial charge on any atom is -0.397 e. The van der Waals surface area contributed by atoms with Gasteiger partial charge in [-0.2, -0.15) is 0 Å². The van der Waals surface area contributed by atoms with E-state index in [1.807, 2.05) is 39.1 Å². The lowest BCUT2D eigenvalue weighted by molar-refractivity contribution is -0.143. The van der Waals surface area contributed by atoms with Gasteiger partial charge < -0.3 is 31.1 Å². The van der Waals surface area contributed by atoms with E-state index in [0.29, 0.717) is 42.7 Å². The van der Waals surface area contributed by atoms with Crippen LogP contribution >= 0.6 is 22.9 Å². The fourth-order valence-corrected chi connectivity index (χ4v) is 9.20. The van der Waals surface area contributed by atoms with Crippen molar-refractivity contribution in [3.05, 3.63) is 44.6 Å². The molecule has 0 aliphatic carbocycles. The minimum absolute atomic E-state index is 0.0147. The standard InChI is InChI=1S/C35H49ClN6O3S/c1-2-24-17-23(19-30(36)33(24)37)18-28(34(44)41-12-5-26(6-13-41)25-3-10-38-11-4-25)20-32(43)40-14-8-29(9-15-40)42-16-7-27-21-46-22-31(27)39-35(42)45/h17,19,21-22,25-26,28-29,38H,2-16,18,20,37H2,1H3,(H,39,45)/t28-/m0/s1. The smallest absolute Gasteiger partial charge is 0.322 e. The van der Waals surface area contributed by atoms with Crippen molar-refractivity contribution >= 4 is 52.2 Å². The Kier molecular flexibility index (Phi) is 10.8. The summed E-state index contributed by atoms with van der Waals surface area (Å²) in [4.78, 5) is 46.8. The molecule has 1 atom stereocenters. The van der Waals surface area contributed by atoms with Crippen molar-refractivity contribution in [2.24, 2.45) is 17.8 Å². The number of rotatable bonds is 8. The van der Waals surface area contributed by atoms with Gasteiger partial charge in [-0.1, -0.05) is 24.6 Å². The Morgan fingerprint density at radius 3 is 2.39 bits per heavy atom. The van der Waals surface area contributed by atoms with Gasteiger partial charge in [0.05, 0.1) is 22.3 Å². The van der Waals surface area contributed by atoms with Gasteiger partial charge in [0, 0.05) is 50.6 Å². The van der Waals surface area contributed by atoms with E-state index in [1.54, 1.807) is 11.3 Å². The average Bonchev–Trinajstić information content (AvgIpc) is 3.46. The summed E-state index contributed by atoms with van der Waals surface area (Å²) in [6, 6.07) is 3.96. The van der Waals surface area contributed by atoms with Gasteiger partial charge in [0.2, 0.25) is 11.8 Å². The third-order valence-corrected chi connectivity index (χ3v) is 12.0. The molecule has 4 aliphatic rings. The van der Waals surface area contributed by atoms with Crippen LogP contribution < -0.4 is 16.4 Å². The molecule has 1 aromatic carbocycles. The van der Waals surface area contributed by atoms with E-state index in [-0.39, 0.29) is 30.3 Å². The number of hydrogen-bond donors (Lipinski definition) is 3. The van der Waals surface area contributed by atoms with Crippen LogP contribution in [-0.4, -0.2) is 84.4 Å². The first kappa shape index (κ1) is 33.1. The Labute approximate surface area is 282 Å². The summed E-state index contributed by atoms with van der Waals surface area (Å²) in [5.74, 6) is 1.05. The molecule has 0 saturated carbocycles. The maximum Gasteiger partial charge on any atom is 0.322 e. The van der Waals surface area contributed by atoms with Gasteiger partial charge in [-0.15, -0.1) is 11.3 Å². The van der Waals surface area contributed by atoms with Gasteiger partial charge in [-0.05, 0) is 111 Å². The van der Waals surface area contributed by atoms with Crippen molar-refractivity contribution in [2.45, 2.75) is 77.2 Å². The van der Waals surface area contributed by atoms with Crippen molar-refractivity contribution in [3.63, 3.8) is 0 Å². The van der Waals surface area contributed by atoms with Gasteiger partial charge in [-0.25, -0.2) is 4.79 Å². The first-order valence-corrected chi connectivity index (χ1v) is 18.6. The number of hydrogen-bond acceptors (Lipinski definition) is 6. The van der Waals surface area contributed by atoms with Crippen molar-refractivity contribution < 1.29 is 14.4 Å². The highest BCUT2D eigenvalue weighted by Gasteiger charge is 2.36. The second-order valence-electron chi connectivity index (χ2n) is 13.7. The molecule has 9 nitrogen and oxygen atoms in total. The van der Waals surface area contributed by atoms with E-state index in [2.05, 4.69) is 16.0 Å². The zero-order chi connectivity index (χ0) is 32.2. The summed E-state index contributed by atoms with van der Waals surface area (Å²) in [6.07, 6.45) is 8.22. The van der Waals surface area contributed by atoms with E-state index in [4.69, 9.17) is 17.3 Å². The molecular formula is C35H49ClN6O3S. The number of carbonyl (C=O) groups excluding carboxylic acids is 3. The number of amides is 4. The number of halogens is 1. The van der Waals surface area contributed by atoms with Gasteiger partial charge in [0.1, 0.15) is 0 Å². The van der Waals surface area contributed by atoms with Crippen molar-refractivity contribution in [2.75, 3.05) is 56.9 Å². The number of nitrogen functional groups attached to an aromatic ring is 1. The molecule has 0 radical (unpaired) electrons. The number of aryl methyl sites for hydroxylation is 1. The van der Waals surface area contributed by atoms with Crippen molar-refractivity contribution in [1.29, 1.82) is 0 Å². The Morgan fingerprint density at radius 1 is 0.978 bits per heavy atom. The summed E-state index contributed by atoms with van der Waals surface area (Å²) in [5.41, 5.74) is 10.8. The van der Waals surface area contributed by atoms with Crippen LogP contribution in [0, 0.1) is 17.8 Å². The third kappa shape index (κ3) is 7.50. The Bertz CT molecular complexity index is 1390. The molecule has 3 fully saturated rings. The Morgan fingerprint density at radius 2 is 1.67 bits per heavy atom. The number of nitrogens with two attached hydrogens (primary N) is 1. The first-order chi connectivity index (χ1) is 22.3. The first-order valence-electron chi connectivity index (χ1n) is 17.3. The quantitative estimate of drug-likeness (QED) is 0.326. The van der Waals surface area contributed by atoms with Crippen molar-refractivity contribution in [3.8, 4) is 0 Å². The maximum absolute atomic E-state index is 14.1. The van der Waals surface area contributed by atoms with E-state index < -0.39 is 5.92 Å². The number of piperidine rings is 3. The predicted molar refractivity (Wildman–Crippen MR) is 185 cm³/mol. The fourth-order valence-electron chi connectivity index (χ4n) is 8.12. The van der Waals surface area contributed by atoms with E-state index >= 15 is 0 Å². The Hall–Kier alpha value is -2.82. The maximum atomic E-state index is 14.1. The second kappa shape index (κ2) is 14.9. The largest absolute Gasteiger partial charge is 0.397 e. The number of urea groups is 1. The molecule has 0 spiro atoms. The lowest BCUT2D eigenvalue weighted by Gasteiger charge is -2.40. The molecule has 2 aromatic rings. The zero-order valence-corrected chi connectivity index (χ0v) is 28.6. The van der Waals surface area contributed by atoms with Crippen LogP contribution in [0.5, 0.6) is 0 Å². The van der Waals surface area contributed by atoms with E-state index in [9.17, 15) is 14.4 Å². The highest BCUT2D eigenvalue weighted by atomic mass is 35.5. The van der Waals surface area contributed by atoms with Crippen LogP contribution in [0.15, 0.2) is 22.9 Å². The van der Waals surface area contributed by atoms with Gasteiger partial charge in [-0.3, -0.25) is 9.59 Å². The third-order valence-electron chi connectivity index (χ3n) is 10.9. The fraction of sp³-hybridized carbons (Fsp3) is 0.629. The summed E-state index contributed by atoms with van der Waals surface area (Å²) in [5, 5.41) is 11.1. The number of fused-ring (bicyclic) bond motifs is 1. The zero-order valence-electron chi connectivity index (χ0n) is 27.1. The molecule has 5 heterocycles. The topological polar surface area (TPSA) is 111 Å². The van der Waals surface area contributed by atoms with Crippen molar-refractivity contribution in [1.82, 2.24) is 20.0 Å². The summed E-state index contributed by atoms with van der Waals surface area (Å²) in [7, 11) is 0. The monoisotopic (exact) mass is 668 g/mol. The van der Waals surface area contributed by atoms with Crippen LogP contribution in [-0.2, 0) is 28.9 Å². The molecule has 4 amide bonds. The van der Waals surface area contributed by atoms with Gasteiger partial charge >= 0.3 is 6.03 Å². The molecule has 11 heteroatoms. The molecular weight excluding hydrogens is 620 g/mol. The molecule has 4 N–H and O–H groups in total. The summed E-state index contributed by atoms with van der Waals surface area (Å²) in [6.45, 7) is 7.61. The van der Waals surface area contributed by atoms with Crippen LogP contribution in [0.3, 0.4) is 0 Å². The number of likely N-dealkylation sites (tertiary alicyclic amines) is 2. The molecule has 0 unspecified atom stereocenters. The molecule has 6 rings (SSSR count). The second-order valence-corrected chi connectivity index (χ2v) is 14.8. The van der Waals surface area contributed by atoms with Gasteiger partial charge in [0.15, 0.2) is 0 Å². The number of anilines is 2. The van der Waals surface area contributed by atoms with E-state index in [1.165, 1.54) is 18.4 Å². The van der Waals surface area contributed by atoms with Crippen LogP contribution in [0.25, 0.3) is 0 Å². The lowest BCUT2D eigenvalue weighted by Crippen LogP contribution is -2.50. The number of nitrogens with zero attached hydrogens (tertiary/aromatic N) is 3. The predicted octanol–water partition coefficient (Wildman–Crippen LogP) is 5.41. The van der Waals surface area contributed by atoms with E-state index in [0.717, 1.165) is 87.4 Å². The van der Waals surface area contributed by atoms with Crippen LogP contribution in [0.1, 0.15) is 68.6 Å². The number of benzene rings is 1. The lowest BCUT2D eigenvalue weighted by atomic mass is 9.79. The molecule has 0 bridgehead atoms. The average molecular weight is 669 g/mol.